The maximum absolute atomic E-state index is 6.06. The first kappa shape index (κ1) is 15.3. The highest BCUT2D eigenvalue weighted by Gasteiger charge is 2.17. The highest BCUT2D eigenvalue weighted by Crippen LogP contribution is 2.26. The Labute approximate surface area is 132 Å². The van der Waals surface area contributed by atoms with E-state index in [-0.39, 0.29) is 5.41 Å². The van der Waals surface area contributed by atoms with Crippen molar-refractivity contribution in [2.45, 2.75) is 26.2 Å². The van der Waals surface area contributed by atoms with E-state index in [1.807, 2.05) is 5.38 Å². The zero-order valence-electron chi connectivity index (χ0n) is 11.4. The van der Waals surface area contributed by atoms with Gasteiger partial charge in [-0.15, -0.1) is 11.3 Å². The fourth-order valence-corrected chi connectivity index (χ4v) is 2.84. The summed E-state index contributed by atoms with van der Waals surface area (Å²) in [6.07, 6.45) is 1.60. The number of rotatable bonds is 3. The molecule has 0 aliphatic heterocycles. The lowest BCUT2D eigenvalue weighted by Crippen LogP contribution is -2.11. The van der Waals surface area contributed by atoms with E-state index in [4.69, 9.17) is 23.2 Å². The number of hydrogen-bond donors (Lipinski definition) is 1. The standard InChI is InChI=1S/C14H15Cl2N3S/c1-14(2,3)12-8-20-13(18-12)19-17-7-9-10(15)5-4-6-11(9)16/h4-8H,1-3H3,(H,18,19)/b17-7-. The molecule has 1 aromatic heterocycles. The van der Waals surface area contributed by atoms with Crippen LogP contribution in [0.5, 0.6) is 0 Å². The summed E-state index contributed by atoms with van der Waals surface area (Å²) in [4.78, 5) is 4.49. The molecule has 0 aliphatic carbocycles. The lowest BCUT2D eigenvalue weighted by Gasteiger charge is -2.13. The second kappa shape index (κ2) is 6.12. The Bertz CT molecular complexity index is 609. The molecular weight excluding hydrogens is 313 g/mol. The van der Waals surface area contributed by atoms with Gasteiger partial charge in [0.2, 0.25) is 5.13 Å². The van der Waals surface area contributed by atoms with Gasteiger partial charge < -0.3 is 0 Å². The molecule has 0 saturated carbocycles. The van der Waals surface area contributed by atoms with E-state index in [0.29, 0.717) is 15.6 Å². The van der Waals surface area contributed by atoms with Crippen molar-refractivity contribution < 1.29 is 0 Å². The van der Waals surface area contributed by atoms with E-state index in [9.17, 15) is 0 Å². The van der Waals surface area contributed by atoms with Gasteiger partial charge in [-0.05, 0) is 12.1 Å². The van der Waals surface area contributed by atoms with Gasteiger partial charge in [-0.2, -0.15) is 5.10 Å². The molecular formula is C14H15Cl2N3S. The molecule has 1 N–H and O–H groups in total. The third-order valence-corrected chi connectivity index (χ3v) is 4.03. The topological polar surface area (TPSA) is 37.3 Å². The molecule has 0 atom stereocenters. The number of benzene rings is 1. The SMILES string of the molecule is CC(C)(C)c1csc(N/N=C\c2c(Cl)cccc2Cl)n1. The molecule has 20 heavy (non-hydrogen) atoms. The molecule has 0 aliphatic rings. The van der Waals surface area contributed by atoms with E-state index in [2.05, 4.69) is 36.3 Å². The van der Waals surface area contributed by atoms with E-state index in [1.54, 1.807) is 24.4 Å². The monoisotopic (exact) mass is 327 g/mol. The first-order valence-corrected chi connectivity index (χ1v) is 7.70. The lowest BCUT2D eigenvalue weighted by atomic mass is 9.93. The third-order valence-electron chi connectivity index (χ3n) is 2.63. The van der Waals surface area contributed by atoms with E-state index >= 15 is 0 Å². The summed E-state index contributed by atoms with van der Waals surface area (Å²) >= 11 is 13.6. The third kappa shape index (κ3) is 3.72. The first-order valence-electron chi connectivity index (χ1n) is 6.07. The summed E-state index contributed by atoms with van der Waals surface area (Å²) in [6.45, 7) is 6.37. The zero-order valence-corrected chi connectivity index (χ0v) is 13.8. The van der Waals surface area contributed by atoms with Crippen LogP contribution in [0.4, 0.5) is 5.13 Å². The van der Waals surface area contributed by atoms with Crippen molar-refractivity contribution in [3.63, 3.8) is 0 Å². The predicted molar refractivity (Wildman–Crippen MR) is 88.5 cm³/mol. The van der Waals surface area contributed by atoms with Crippen LogP contribution in [-0.2, 0) is 5.41 Å². The average molecular weight is 328 g/mol. The van der Waals surface area contributed by atoms with Gasteiger partial charge in [0, 0.05) is 16.4 Å². The van der Waals surface area contributed by atoms with Crippen LogP contribution in [0, 0.1) is 0 Å². The van der Waals surface area contributed by atoms with E-state index in [1.165, 1.54) is 11.3 Å². The lowest BCUT2D eigenvalue weighted by molar-refractivity contribution is 0.573. The Kier molecular flexibility index (Phi) is 4.68. The zero-order chi connectivity index (χ0) is 14.8. The molecule has 0 bridgehead atoms. The second-order valence-corrected chi connectivity index (χ2v) is 6.97. The molecule has 0 fully saturated rings. The average Bonchev–Trinajstić information content (AvgIpc) is 2.81. The largest absolute Gasteiger partial charge is 0.253 e. The van der Waals surface area contributed by atoms with E-state index < -0.39 is 0 Å². The number of hydrogen-bond acceptors (Lipinski definition) is 4. The Morgan fingerprint density at radius 3 is 2.45 bits per heavy atom. The van der Waals surface area contributed by atoms with Gasteiger partial charge in [0.1, 0.15) is 0 Å². The van der Waals surface area contributed by atoms with Crippen molar-refractivity contribution in [2.75, 3.05) is 5.43 Å². The molecule has 0 unspecified atom stereocenters. The molecule has 0 amide bonds. The fourth-order valence-electron chi connectivity index (χ4n) is 1.46. The van der Waals surface area contributed by atoms with Gasteiger partial charge in [-0.1, -0.05) is 50.0 Å². The summed E-state index contributed by atoms with van der Waals surface area (Å²) in [6, 6.07) is 5.34. The Morgan fingerprint density at radius 2 is 1.90 bits per heavy atom. The van der Waals surface area contributed by atoms with Crippen LogP contribution in [0.2, 0.25) is 10.0 Å². The van der Waals surface area contributed by atoms with Gasteiger partial charge >= 0.3 is 0 Å². The number of hydrazone groups is 1. The summed E-state index contributed by atoms with van der Waals surface area (Å²) < 4.78 is 0. The Balaban J connectivity index is 2.09. The van der Waals surface area contributed by atoms with Crippen LogP contribution in [0.15, 0.2) is 28.7 Å². The highest BCUT2D eigenvalue weighted by molar-refractivity contribution is 7.13. The molecule has 106 valence electrons. The van der Waals surface area contributed by atoms with Crippen molar-refractivity contribution in [2.24, 2.45) is 5.10 Å². The molecule has 6 heteroatoms. The molecule has 0 spiro atoms. The summed E-state index contributed by atoms with van der Waals surface area (Å²) in [5.41, 5.74) is 4.66. The van der Waals surface area contributed by atoms with Gasteiger partial charge in [-0.3, -0.25) is 5.43 Å². The molecule has 3 nitrogen and oxygen atoms in total. The molecule has 0 saturated heterocycles. The summed E-state index contributed by atoms with van der Waals surface area (Å²) in [5, 5.41) is 8.04. The van der Waals surface area contributed by atoms with Crippen molar-refractivity contribution in [1.29, 1.82) is 0 Å². The number of anilines is 1. The number of nitrogens with one attached hydrogen (secondary N) is 1. The second-order valence-electron chi connectivity index (χ2n) is 5.29. The first-order chi connectivity index (χ1) is 9.38. The Hall–Kier alpha value is -1.10. The fraction of sp³-hybridized carbons (Fsp3) is 0.286. The van der Waals surface area contributed by atoms with Crippen molar-refractivity contribution in [1.82, 2.24) is 4.98 Å². The number of aromatic nitrogens is 1. The van der Waals surface area contributed by atoms with Gasteiger partial charge in [0.15, 0.2) is 0 Å². The predicted octanol–water partition coefficient (Wildman–Crippen LogP) is 5.19. The molecule has 1 aromatic carbocycles. The van der Waals surface area contributed by atoms with Crippen molar-refractivity contribution >= 4 is 45.9 Å². The van der Waals surface area contributed by atoms with Crippen LogP contribution in [0.1, 0.15) is 32.0 Å². The van der Waals surface area contributed by atoms with Crippen LogP contribution >= 0.6 is 34.5 Å². The van der Waals surface area contributed by atoms with Gasteiger partial charge in [0.05, 0.1) is 22.0 Å². The van der Waals surface area contributed by atoms with Gasteiger partial charge in [-0.25, -0.2) is 4.98 Å². The summed E-state index contributed by atoms with van der Waals surface area (Å²) in [5.74, 6) is 0. The molecule has 0 radical (unpaired) electrons. The van der Waals surface area contributed by atoms with Gasteiger partial charge in [0.25, 0.3) is 0 Å². The normalized spacial score (nSPS) is 12.1. The molecule has 1 heterocycles. The van der Waals surface area contributed by atoms with Crippen LogP contribution in [0.3, 0.4) is 0 Å². The number of halogens is 2. The number of nitrogens with zero attached hydrogens (tertiary/aromatic N) is 2. The number of thiazole rings is 1. The molecule has 2 rings (SSSR count). The highest BCUT2D eigenvalue weighted by atomic mass is 35.5. The molecule has 2 aromatic rings. The van der Waals surface area contributed by atoms with Crippen LogP contribution in [-0.4, -0.2) is 11.2 Å². The quantitative estimate of drug-likeness (QED) is 0.621. The van der Waals surface area contributed by atoms with Crippen LogP contribution in [0.25, 0.3) is 0 Å². The smallest absolute Gasteiger partial charge is 0.203 e. The van der Waals surface area contributed by atoms with E-state index in [0.717, 1.165) is 10.8 Å². The Morgan fingerprint density at radius 1 is 1.25 bits per heavy atom. The maximum atomic E-state index is 6.06. The minimum Gasteiger partial charge on any atom is -0.253 e. The van der Waals surface area contributed by atoms with Crippen molar-refractivity contribution in [3.8, 4) is 0 Å². The minimum atomic E-state index is 0.0339. The van der Waals surface area contributed by atoms with Crippen molar-refractivity contribution in [3.05, 3.63) is 44.9 Å². The maximum Gasteiger partial charge on any atom is 0.203 e. The van der Waals surface area contributed by atoms with Crippen LogP contribution < -0.4 is 5.43 Å². The minimum absolute atomic E-state index is 0.0339. The summed E-state index contributed by atoms with van der Waals surface area (Å²) in [7, 11) is 0.